The topological polar surface area (TPSA) is 111 Å². The first-order valence-electron chi connectivity index (χ1n) is 11.9. The summed E-state index contributed by atoms with van der Waals surface area (Å²) >= 11 is 5.48. The van der Waals surface area contributed by atoms with Gasteiger partial charge in [0.25, 0.3) is 0 Å². The lowest BCUT2D eigenvalue weighted by atomic mass is 9.90. The van der Waals surface area contributed by atoms with Gasteiger partial charge in [0, 0.05) is 38.4 Å². The summed E-state index contributed by atoms with van der Waals surface area (Å²) in [6, 6.07) is 6.43. The van der Waals surface area contributed by atoms with Gasteiger partial charge < -0.3 is 16.2 Å². The quantitative estimate of drug-likeness (QED) is 0.447. The van der Waals surface area contributed by atoms with E-state index in [2.05, 4.69) is 15.5 Å². The first-order valence-corrected chi connectivity index (χ1v) is 12.2. The maximum absolute atomic E-state index is 12.5. The van der Waals surface area contributed by atoms with Gasteiger partial charge in [0.05, 0.1) is 22.0 Å². The molecule has 2 unspecified atom stereocenters. The van der Waals surface area contributed by atoms with Gasteiger partial charge in [-0.2, -0.15) is 10.2 Å². The van der Waals surface area contributed by atoms with E-state index < -0.39 is 5.60 Å². The molecule has 0 aliphatic heterocycles. The highest BCUT2D eigenvalue weighted by Crippen LogP contribution is 2.56. The lowest BCUT2D eigenvalue weighted by Gasteiger charge is -2.25. The lowest BCUT2D eigenvalue weighted by Crippen LogP contribution is -2.27. The van der Waals surface area contributed by atoms with E-state index in [0.29, 0.717) is 23.2 Å². The molecule has 2 aliphatic carbocycles. The summed E-state index contributed by atoms with van der Waals surface area (Å²) in [7, 11) is 3.52. The molecule has 5 rings (SSSR count). The number of rotatable bonds is 5. The molecule has 0 bridgehead atoms. The van der Waals surface area contributed by atoms with E-state index in [0.717, 1.165) is 55.6 Å². The highest BCUT2D eigenvalue weighted by Gasteiger charge is 2.51. The number of nitrogens with zero attached hydrogens (tertiary/aromatic N) is 4. The molecule has 35 heavy (non-hydrogen) atoms. The van der Waals surface area contributed by atoms with Crippen molar-refractivity contribution < 1.29 is 14.3 Å². The molecule has 2 heterocycles. The molecule has 2 atom stereocenters. The predicted molar refractivity (Wildman–Crippen MR) is 134 cm³/mol. The highest BCUT2D eigenvalue weighted by atomic mass is 35.5. The van der Waals surface area contributed by atoms with Gasteiger partial charge in [0.15, 0.2) is 6.29 Å². The SMILES string of the molecule is CCn1nccc1C1(O)CC2CC(c3nn(C)c(N)c3C=O)CC2C1.CNc1ccc(F)c(Cl)c1. The van der Waals surface area contributed by atoms with Crippen molar-refractivity contribution >= 4 is 29.4 Å². The van der Waals surface area contributed by atoms with Gasteiger partial charge in [-0.15, -0.1) is 0 Å². The second-order valence-corrected chi connectivity index (χ2v) is 9.87. The Hall–Kier alpha value is -2.91. The molecule has 8 nitrogen and oxygen atoms in total. The number of nitrogen functional groups attached to an aromatic ring is 1. The second-order valence-electron chi connectivity index (χ2n) is 9.47. The fourth-order valence-corrected chi connectivity index (χ4v) is 5.90. The Kier molecular flexibility index (Phi) is 7.19. The fraction of sp³-hybridized carbons (Fsp3) is 0.480. The summed E-state index contributed by atoms with van der Waals surface area (Å²) in [6.45, 7) is 2.80. The van der Waals surface area contributed by atoms with E-state index in [9.17, 15) is 14.3 Å². The van der Waals surface area contributed by atoms with Crippen molar-refractivity contribution in [1.82, 2.24) is 19.6 Å². The number of carbonyl (C=O) groups excluding carboxylic acids is 1. The Bertz CT molecular complexity index is 1190. The van der Waals surface area contributed by atoms with Crippen LogP contribution in [0.2, 0.25) is 5.02 Å². The van der Waals surface area contributed by atoms with Crippen LogP contribution in [-0.4, -0.2) is 38.0 Å². The number of hydrogen-bond acceptors (Lipinski definition) is 6. The fourth-order valence-electron chi connectivity index (χ4n) is 5.72. The smallest absolute Gasteiger partial charge is 0.155 e. The number of carbonyl (C=O) groups is 1. The van der Waals surface area contributed by atoms with E-state index >= 15 is 0 Å². The van der Waals surface area contributed by atoms with Crippen LogP contribution in [0.5, 0.6) is 0 Å². The molecule has 4 N–H and O–H groups in total. The van der Waals surface area contributed by atoms with Crippen LogP contribution in [0, 0.1) is 17.7 Å². The van der Waals surface area contributed by atoms with Gasteiger partial charge in [0.2, 0.25) is 0 Å². The van der Waals surface area contributed by atoms with Gasteiger partial charge >= 0.3 is 0 Å². The average Bonchev–Trinajstić information content (AvgIpc) is 3.59. The molecule has 0 saturated heterocycles. The van der Waals surface area contributed by atoms with Crippen molar-refractivity contribution in [2.24, 2.45) is 18.9 Å². The third-order valence-electron chi connectivity index (χ3n) is 7.40. The Balaban J connectivity index is 0.000000243. The van der Waals surface area contributed by atoms with Crippen LogP contribution in [-0.2, 0) is 19.2 Å². The molecule has 0 spiro atoms. The lowest BCUT2D eigenvalue weighted by molar-refractivity contribution is 0.0255. The van der Waals surface area contributed by atoms with Crippen molar-refractivity contribution in [3.63, 3.8) is 0 Å². The Morgan fingerprint density at radius 2 is 2.00 bits per heavy atom. The third kappa shape index (κ3) is 4.79. The van der Waals surface area contributed by atoms with E-state index in [-0.39, 0.29) is 16.8 Å². The second kappa shape index (κ2) is 9.99. The van der Waals surface area contributed by atoms with Crippen LogP contribution in [0.4, 0.5) is 15.9 Å². The van der Waals surface area contributed by atoms with E-state index in [4.69, 9.17) is 17.3 Å². The number of fused-ring (bicyclic) bond motifs is 1. The van der Waals surface area contributed by atoms with Crippen LogP contribution in [0.1, 0.15) is 60.3 Å². The number of nitrogens with two attached hydrogens (primary N) is 1. The first kappa shape index (κ1) is 25.2. The first-order chi connectivity index (χ1) is 16.7. The number of aryl methyl sites for hydroxylation is 2. The molecular formula is C25H32ClFN6O2. The molecule has 188 valence electrons. The van der Waals surface area contributed by atoms with Crippen molar-refractivity contribution in [2.75, 3.05) is 18.1 Å². The number of anilines is 2. The molecule has 2 fully saturated rings. The van der Waals surface area contributed by atoms with Crippen LogP contribution in [0.25, 0.3) is 0 Å². The highest BCUT2D eigenvalue weighted by molar-refractivity contribution is 6.31. The van der Waals surface area contributed by atoms with Crippen molar-refractivity contribution in [2.45, 2.75) is 50.7 Å². The zero-order valence-corrected chi connectivity index (χ0v) is 21.0. The molecule has 0 amide bonds. The minimum atomic E-state index is -0.788. The number of aromatic nitrogens is 4. The van der Waals surface area contributed by atoms with E-state index in [1.807, 2.05) is 17.7 Å². The van der Waals surface area contributed by atoms with Crippen LogP contribution in [0.15, 0.2) is 30.5 Å². The summed E-state index contributed by atoms with van der Waals surface area (Å²) in [4.78, 5) is 11.4. The molecule has 1 aromatic carbocycles. The normalized spacial score (nSPS) is 25.1. The summed E-state index contributed by atoms with van der Waals surface area (Å²) < 4.78 is 16.0. The van der Waals surface area contributed by atoms with Crippen molar-refractivity contribution in [1.29, 1.82) is 0 Å². The van der Waals surface area contributed by atoms with Crippen LogP contribution >= 0.6 is 11.6 Å². The molecule has 2 aliphatic rings. The number of hydrogen-bond donors (Lipinski definition) is 3. The summed E-state index contributed by atoms with van der Waals surface area (Å²) in [5.41, 5.74) is 8.27. The standard InChI is InChI=1S/C18H25N5O2.C7H7ClFN/c1-3-23-15(4-5-20-23)18(25)8-12-6-11(7-13(12)9-18)16-14(10-24)17(19)22(2)21-16;1-10-5-2-3-7(9)6(8)4-5/h4-5,10-13,25H,3,6-9,19H2,1-2H3;2-4,10H,1H3. The third-order valence-corrected chi connectivity index (χ3v) is 7.69. The number of aliphatic hydroxyl groups is 1. The Morgan fingerprint density at radius 3 is 2.57 bits per heavy atom. The number of aldehydes is 1. The average molecular weight is 503 g/mol. The minimum Gasteiger partial charge on any atom is -0.388 e. The maximum atomic E-state index is 12.5. The largest absolute Gasteiger partial charge is 0.388 e. The zero-order valence-electron chi connectivity index (χ0n) is 20.2. The maximum Gasteiger partial charge on any atom is 0.155 e. The van der Waals surface area contributed by atoms with Gasteiger partial charge in [-0.05, 0) is 68.7 Å². The molecular weight excluding hydrogens is 471 g/mol. The summed E-state index contributed by atoms with van der Waals surface area (Å²) in [5.74, 6) is 1.18. The summed E-state index contributed by atoms with van der Waals surface area (Å²) in [6.07, 6.45) is 5.98. The van der Waals surface area contributed by atoms with E-state index in [1.165, 1.54) is 12.1 Å². The van der Waals surface area contributed by atoms with Crippen LogP contribution in [0.3, 0.4) is 0 Å². The number of benzene rings is 1. The van der Waals surface area contributed by atoms with Gasteiger partial charge in [0.1, 0.15) is 17.2 Å². The van der Waals surface area contributed by atoms with Crippen LogP contribution < -0.4 is 11.1 Å². The zero-order chi connectivity index (χ0) is 25.3. The molecule has 0 radical (unpaired) electrons. The van der Waals surface area contributed by atoms with Crippen molar-refractivity contribution in [3.8, 4) is 0 Å². The van der Waals surface area contributed by atoms with Gasteiger partial charge in [-0.25, -0.2) is 4.39 Å². The summed E-state index contributed by atoms with van der Waals surface area (Å²) in [5, 5.41) is 23.0. The van der Waals surface area contributed by atoms with E-state index in [1.54, 1.807) is 31.0 Å². The van der Waals surface area contributed by atoms with Crippen molar-refractivity contribution in [3.05, 3.63) is 58.3 Å². The molecule has 2 aromatic heterocycles. The monoisotopic (exact) mass is 502 g/mol. The molecule has 10 heteroatoms. The van der Waals surface area contributed by atoms with Gasteiger partial charge in [-0.3, -0.25) is 14.2 Å². The Morgan fingerprint density at radius 1 is 1.31 bits per heavy atom. The molecule has 3 aromatic rings. The Labute approximate surface area is 209 Å². The van der Waals surface area contributed by atoms with Gasteiger partial charge in [-0.1, -0.05) is 11.6 Å². The minimum absolute atomic E-state index is 0.145. The predicted octanol–water partition coefficient (Wildman–Crippen LogP) is 4.34. The number of halogens is 2. The molecule has 2 saturated carbocycles. The number of nitrogens with one attached hydrogen (secondary N) is 1.